The van der Waals surface area contributed by atoms with Gasteiger partial charge in [-0.15, -0.1) is 0 Å². The van der Waals surface area contributed by atoms with Gasteiger partial charge in [0.15, 0.2) is 5.96 Å². The van der Waals surface area contributed by atoms with Crippen LogP contribution >= 0.6 is 0 Å². The summed E-state index contributed by atoms with van der Waals surface area (Å²) in [5.41, 5.74) is 3.82. The normalized spacial score (nSPS) is 20.2. The van der Waals surface area contributed by atoms with Gasteiger partial charge in [0, 0.05) is 51.6 Å². The van der Waals surface area contributed by atoms with Crippen molar-refractivity contribution in [3.63, 3.8) is 0 Å². The molecule has 1 aliphatic heterocycles. The lowest BCUT2D eigenvalue weighted by molar-refractivity contribution is -0.0250. The molecule has 0 spiro atoms. The largest absolute Gasteiger partial charge is 0.373 e. The van der Waals surface area contributed by atoms with Crippen LogP contribution in [0.5, 0.6) is 0 Å². The van der Waals surface area contributed by atoms with Crippen molar-refractivity contribution in [2.75, 3.05) is 26.7 Å². The molecule has 1 saturated heterocycles. The summed E-state index contributed by atoms with van der Waals surface area (Å²) in [6.07, 6.45) is 4.49. The Hall–Kier alpha value is -2.27. The SMILES string of the molecule is CCNC(=NCC1CCCOC1c1ccc(C)cc1)N(C)Cc1cccn1C. The first-order valence-corrected chi connectivity index (χ1v) is 10.4. The smallest absolute Gasteiger partial charge is 0.194 e. The molecule has 152 valence electrons. The number of hydrogen-bond donors (Lipinski definition) is 1. The van der Waals surface area contributed by atoms with E-state index in [4.69, 9.17) is 9.73 Å². The topological polar surface area (TPSA) is 41.8 Å². The minimum atomic E-state index is 0.138. The quantitative estimate of drug-likeness (QED) is 0.609. The van der Waals surface area contributed by atoms with Crippen LogP contribution < -0.4 is 5.32 Å². The number of nitrogens with one attached hydrogen (secondary N) is 1. The maximum Gasteiger partial charge on any atom is 0.194 e. The highest BCUT2D eigenvalue weighted by molar-refractivity contribution is 5.79. The molecule has 1 fully saturated rings. The van der Waals surface area contributed by atoms with Crippen LogP contribution in [-0.4, -0.2) is 42.2 Å². The fraction of sp³-hybridized carbons (Fsp3) is 0.522. The molecule has 2 heterocycles. The lowest BCUT2D eigenvalue weighted by Gasteiger charge is -2.32. The summed E-state index contributed by atoms with van der Waals surface area (Å²) in [4.78, 5) is 7.18. The molecule has 2 aromatic rings. The molecule has 1 N–H and O–H groups in total. The molecule has 1 aromatic heterocycles. The van der Waals surface area contributed by atoms with Gasteiger partial charge in [-0.2, -0.15) is 0 Å². The molecule has 1 aliphatic rings. The van der Waals surface area contributed by atoms with Crippen LogP contribution in [0, 0.1) is 12.8 Å². The summed E-state index contributed by atoms with van der Waals surface area (Å²) in [6, 6.07) is 13.0. The summed E-state index contributed by atoms with van der Waals surface area (Å²) in [6.45, 7) is 7.55. The van der Waals surface area contributed by atoms with Gasteiger partial charge in [-0.05, 0) is 44.4 Å². The van der Waals surface area contributed by atoms with Crippen molar-refractivity contribution in [2.24, 2.45) is 18.0 Å². The molecule has 0 aliphatic carbocycles. The van der Waals surface area contributed by atoms with Gasteiger partial charge in [-0.25, -0.2) is 0 Å². The van der Waals surface area contributed by atoms with Crippen molar-refractivity contribution in [3.8, 4) is 0 Å². The van der Waals surface area contributed by atoms with E-state index >= 15 is 0 Å². The molecule has 2 atom stereocenters. The molecule has 1 aromatic carbocycles. The Morgan fingerprint density at radius 2 is 2.07 bits per heavy atom. The molecule has 0 amide bonds. The summed E-state index contributed by atoms with van der Waals surface area (Å²) in [5.74, 6) is 1.37. The van der Waals surface area contributed by atoms with Crippen LogP contribution in [-0.2, 0) is 18.3 Å². The maximum absolute atomic E-state index is 6.16. The maximum atomic E-state index is 6.16. The van der Waals surface area contributed by atoms with Crippen LogP contribution in [0.2, 0.25) is 0 Å². The molecule has 0 radical (unpaired) electrons. The van der Waals surface area contributed by atoms with E-state index in [-0.39, 0.29) is 6.10 Å². The van der Waals surface area contributed by atoms with Gasteiger partial charge in [0.05, 0.1) is 12.6 Å². The van der Waals surface area contributed by atoms with Crippen LogP contribution in [0.4, 0.5) is 0 Å². The molecular formula is C23H34N4O. The van der Waals surface area contributed by atoms with E-state index in [0.717, 1.165) is 45.0 Å². The minimum absolute atomic E-state index is 0.138. The van der Waals surface area contributed by atoms with Gasteiger partial charge in [-0.1, -0.05) is 29.8 Å². The summed E-state index contributed by atoms with van der Waals surface area (Å²) in [5, 5.41) is 3.44. The first kappa shape index (κ1) is 20.5. The second-order valence-electron chi connectivity index (χ2n) is 7.77. The number of nitrogens with zero attached hydrogens (tertiary/aromatic N) is 3. The summed E-state index contributed by atoms with van der Waals surface area (Å²) >= 11 is 0. The average Bonchev–Trinajstić information content (AvgIpc) is 3.10. The number of hydrogen-bond acceptors (Lipinski definition) is 2. The van der Waals surface area contributed by atoms with Crippen molar-refractivity contribution in [1.82, 2.24) is 14.8 Å². The molecule has 5 nitrogen and oxygen atoms in total. The van der Waals surface area contributed by atoms with Crippen molar-refractivity contribution >= 4 is 5.96 Å². The first-order valence-electron chi connectivity index (χ1n) is 10.4. The van der Waals surface area contributed by atoms with Crippen molar-refractivity contribution in [1.29, 1.82) is 0 Å². The van der Waals surface area contributed by atoms with E-state index in [1.54, 1.807) is 0 Å². The third-order valence-electron chi connectivity index (χ3n) is 5.47. The van der Waals surface area contributed by atoms with Crippen LogP contribution in [0.15, 0.2) is 47.6 Å². The van der Waals surface area contributed by atoms with E-state index in [0.29, 0.717) is 5.92 Å². The Kier molecular flexibility index (Phi) is 7.15. The van der Waals surface area contributed by atoms with Gasteiger partial charge in [0.1, 0.15) is 0 Å². The Balaban J connectivity index is 1.71. The second kappa shape index (κ2) is 9.78. The lowest BCUT2D eigenvalue weighted by atomic mass is 9.89. The van der Waals surface area contributed by atoms with Crippen LogP contribution in [0.1, 0.15) is 42.7 Å². The zero-order valence-corrected chi connectivity index (χ0v) is 17.7. The molecule has 5 heteroatoms. The Bertz CT molecular complexity index is 765. The van der Waals surface area contributed by atoms with E-state index < -0.39 is 0 Å². The Labute approximate surface area is 169 Å². The number of ether oxygens (including phenoxy) is 1. The second-order valence-corrected chi connectivity index (χ2v) is 7.77. The molecule has 0 bridgehead atoms. The molecule has 3 rings (SSSR count). The molecule has 28 heavy (non-hydrogen) atoms. The number of rotatable bonds is 6. The number of aromatic nitrogens is 1. The van der Waals surface area contributed by atoms with E-state index in [9.17, 15) is 0 Å². The Morgan fingerprint density at radius 1 is 1.29 bits per heavy atom. The van der Waals surface area contributed by atoms with Crippen LogP contribution in [0.25, 0.3) is 0 Å². The predicted octanol–water partition coefficient (Wildman–Crippen LogP) is 3.90. The predicted molar refractivity (Wildman–Crippen MR) is 115 cm³/mol. The number of benzene rings is 1. The molecular weight excluding hydrogens is 348 g/mol. The highest BCUT2D eigenvalue weighted by Crippen LogP contribution is 2.34. The number of guanidine groups is 1. The highest BCUT2D eigenvalue weighted by Gasteiger charge is 2.27. The highest BCUT2D eigenvalue weighted by atomic mass is 16.5. The fourth-order valence-electron chi connectivity index (χ4n) is 3.81. The van der Waals surface area contributed by atoms with Crippen LogP contribution in [0.3, 0.4) is 0 Å². The van der Waals surface area contributed by atoms with E-state index in [1.807, 2.05) is 0 Å². The van der Waals surface area contributed by atoms with E-state index in [2.05, 4.69) is 85.3 Å². The Morgan fingerprint density at radius 3 is 2.75 bits per heavy atom. The molecule has 0 saturated carbocycles. The monoisotopic (exact) mass is 382 g/mol. The number of aryl methyl sites for hydroxylation is 2. The van der Waals surface area contributed by atoms with Gasteiger partial charge >= 0.3 is 0 Å². The van der Waals surface area contributed by atoms with Crippen molar-refractivity contribution in [2.45, 2.75) is 39.3 Å². The van der Waals surface area contributed by atoms with Gasteiger partial charge in [0.25, 0.3) is 0 Å². The zero-order valence-electron chi connectivity index (χ0n) is 17.7. The first-order chi connectivity index (χ1) is 13.6. The third-order valence-corrected chi connectivity index (χ3v) is 5.47. The van der Waals surface area contributed by atoms with Crippen molar-refractivity contribution in [3.05, 3.63) is 59.4 Å². The molecule has 2 unspecified atom stereocenters. The van der Waals surface area contributed by atoms with E-state index in [1.165, 1.54) is 16.8 Å². The number of aliphatic imine (C=N–C) groups is 1. The minimum Gasteiger partial charge on any atom is -0.373 e. The standard InChI is InChI=1S/C23H34N4O/c1-5-24-23(27(4)17-21-9-6-14-26(21)3)25-16-20-8-7-15-28-22(20)19-12-10-18(2)11-13-19/h6,9-14,20,22H,5,7-8,15-17H2,1-4H3,(H,24,25). The fourth-order valence-corrected chi connectivity index (χ4v) is 3.81. The van der Waals surface area contributed by atoms with Gasteiger partial charge in [0.2, 0.25) is 0 Å². The third kappa shape index (κ3) is 5.16. The lowest BCUT2D eigenvalue weighted by Crippen LogP contribution is -2.39. The van der Waals surface area contributed by atoms with Crippen molar-refractivity contribution < 1.29 is 4.74 Å². The summed E-state index contributed by atoms with van der Waals surface area (Å²) in [7, 11) is 4.18. The zero-order chi connectivity index (χ0) is 19.9. The van der Waals surface area contributed by atoms with Gasteiger partial charge in [-0.3, -0.25) is 4.99 Å². The summed E-state index contributed by atoms with van der Waals surface area (Å²) < 4.78 is 8.32. The van der Waals surface area contributed by atoms with Gasteiger partial charge < -0.3 is 19.5 Å². The average molecular weight is 383 g/mol.